The average Bonchev–Trinajstić information content (AvgIpc) is 3.46. The van der Waals surface area contributed by atoms with Gasteiger partial charge in [-0.2, -0.15) is 0 Å². The molecule has 0 fully saturated rings. The molecule has 4 heterocycles. The number of nitrogens with one attached hydrogen (secondary N) is 2. The summed E-state index contributed by atoms with van der Waals surface area (Å²) in [6.07, 6.45) is 0. The number of aromatic nitrogens is 4. The van der Waals surface area contributed by atoms with Crippen molar-refractivity contribution in [3.8, 4) is 23.0 Å². The predicted molar refractivity (Wildman–Crippen MR) is 159 cm³/mol. The molecule has 0 saturated heterocycles. The Kier molecular flexibility index (Phi) is 7.74. The SMILES string of the molecule is CCN(C)C(=O)c1ccc(-c2ccc3c(n2)Oc2nc(C)ccc2[C@@H]3C(C)(C)C(=O)Nc2nnc(C(=O)NC)s2)cc1. The minimum Gasteiger partial charge on any atom is -0.420 e. The molecule has 0 aliphatic carbocycles. The second kappa shape index (κ2) is 11.3. The summed E-state index contributed by atoms with van der Waals surface area (Å²) in [5, 5.41) is 13.5. The van der Waals surface area contributed by atoms with E-state index in [1.165, 1.54) is 7.05 Å². The van der Waals surface area contributed by atoms with Crippen LogP contribution >= 0.6 is 11.3 Å². The van der Waals surface area contributed by atoms with Crippen molar-refractivity contribution < 1.29 is 19.1 Å². The van der Waals surface area contributed by atoms with Crippen molar-refractivity contribution in [1.82, 2.24) is 30.4 Å². The highest BCUT2D eigenvalue weighted by Crippen LogP contribution is 2.51. The highest BCUT2D eigenvalue weighted by Gasteiger charge is 2.45. The van der Waals surface area contributed by atoms with Gasteiger partial charge in [0.2, 0.25) is 27.8 Å². The Balaban J connectivity index is 1.49. The lowest BCUT2D eigenvalue weighted by atomic mass is 9.70. The molecule has 2 N–H and O–H groups in total. The maximum atomic E-state index is 13.7. The van der Waals surface area contributed by atoms with Crippen molar-refractivity contribution in [1.29, 1.82) is 0 Å². The third kappa shape index (κ3) is 5.32. The fourth-order valence-electron chi connectivity index (χ4n) is 4.80. The van der Waals surface area contributed by atoms with E-state index in [9.17, 15) is 14.4 Å². The summed E-state index contributed by atoms with van der Waals surface area (Å²) in [6.45, 7) is 8.09. The Morgan fingerprint density at radius 1 is 0.976 bits per heavy atom. The summed E-state index contributed by atoms with van der Waals surface area (Å²) in [5.41, 5.74) is 3.31. The molecular formula is C30H31N7O4S. The van der Waals surface area contributed by atoms with E-state index in [-0.39, 0.29) is 27.9 Å². The van der Waals surface area contributed by atoms with Crippen molar-refractivity contribution in [2.24, 2.45) is 5.41 Å². The normalized spacial score (nSPS) is 13.8. The molecule has 0 spiro atoms. The van der Waals surface area contributed by atoms with E-state index in [2.05, 4.69) is 25.8 Å². The van der Waals surface area contributed by atoms with Gasteiger partial charge in [0.15, 0.2) is 0 Å². The lowest BCUT2D eigenvalue weighted by molar-refractivity contribution is -0.124. The van der Waals surface area contributed by atoms with E-state index in [1.54, 1.807) is 24.1 Å². The second-order valence-corrected chi connectivity index (χ2v) is 11.5. The number of hydrogen-bond acceptors (Lipinski definition) is 9. The number of pyridine rings is 2. The average molecular weight is 586 g/mol. The van der Waals surface area contributed by atoms with Crippen LogP contribution in [0.1, 0.15) is 63.7 Å². The molecule has 12 heteroatoms. The summed E-state index contributed by atoms with van der Waals surface area (Å²) in [5.74, 6) is -0.454. The number of benzene rings is 1. The molecule has 216 valence electrons. The maximum absolute atomic E-state index is 13.7. The second-order valence-electron chi connectivity index (χ2n) is 10.5. The molecular weight excluding hydrogens is 554 g/mol. The van der Waals surface area contributed by atoms with Gasteiger partial charge < -0.3 is 20.3 Å². The van der Waals surface area contributed by atoms with Crippen molar-refractivity contribution >= 4 is 34.2 Å². The van der Waals surface area contributed by atoms with Gasteiger partial charge >= 0.3 is 0 Å². The van der Waals surface area contributed by atoms with Crippen LogP contribution in [0.15, 0.2) is 48.5 Å². The number of nitrogens with zero attached hydrogens (tertiary/aromatic N) is 5. The Morgan fingerprint density at radius 3 is 2.31 bits per heavy atom. The predicted octanol–water partition coefficient (Wildman–Crippen LogP) is 4.66. The number of rotatable bonds is 7. The van der Waals surface area contributed by atoms with Crippen molar-refractivity contribution in [3.63, 3.8) is 0 Å². The van der Waals surface area contributed by atoms with Crippen molar-refractivity contribution in [3.05, 3.63) is 75.9 Å². The number of amides is 3. The smallest absolute Gasteiger partial charge is 0.282 e. The number of ether oxygens (including phenoxy) is 1. The maximum Gasteiger partial charge on any atom is 0.282 e. The Bertz CT molecular complexity index is 1680. The van der Waals surface area contributed by atoms with E-state index in [0.717, 1.165) is 33.7 Å². The Hall–Kier alpha value is -4.71. The Labute approximate surface area is 247 Å². The van der Waals surface area contributed by atoms with Crippen LogP contribution in [0, 0.1) is 12.3 Å². The molecule has 0 unspecified atom stereocenters. The molecule has 3 aromatic heterocycles. The molecule has 4 aromatic rings. The first-order chi connectivity index (χ1) is 20.0. The van der Waals surface area contributed by atoms with Gasteiger partial charge in [-0.15, -0.1) is 10.2 Å². The first-order valence-corrected chi connectivity index (χ1v) is 14.2. The van der Waals surface area contributed by atoms with Crippen LogP contribution in [0.25, 0.3) is 11.3 Å². The lowest BCUT2D eigenvalue weighted by Gasteiger charge is -2.37. The van der Waals surface area contributed by atoms with Gasteiger partial charge in [-0.1, -0.05) is 49.4 Å². The van der Waals surface area contributed by atoms with Gasteiger partial charge in [0, 0.05) is 54.5 Å². The number of hydrogen-bond donors (Lipinski definition) is 2. The fraction of sp³-hybridized carbons (Fsp3) is 0.300. The molecule has 0 saturated carbocycles. The van der Waals surface area contributed by atoms with Gasteiger partial charge in [0.1, 0.15) is 0 Å². The molecule has 1 aliphatic heterocycles. The van der Waals surface area contributed by atoms with E-state index in [4.69, 9.17) is 9.72 Å². The summed E-state index contributed by atoms with van der Waals surface area (Å²) < 4.78 is 6.21. The number of carbonyl (C=O) groups is 3. The fourth-order valence-corrected chi connectivity index (χ4v) is 5.49. The van der Waals surface area contributed by atoms with E-state index in [1.807, 2.05) is 64.1 Å². The molecule has 1 atom stereocenters. The van der Waals surface area contributed by atoms with Gasteiger partial charge in [0.05, 0.1) is 11.1 Å². The van der Waals surface area contributed by atoms with Crippen LogP contribution in [-0.4, -0.2) is 63.4 Å². The Morgan fingerprint density at radius 2 is 1.64 bits per heavy atom. The number of carbonyl (C=O) groups excluding carboxylic acids is 3. The molecule has 42 heavy (non-hydrogen) atoms. The monoisotopic (exact) mass is 585 g/mol. The zero-order chi connectivity index (χ0) is 30.2. The van der Waals surface area contributed by atoms with Crippen LogP contribution in [-0.2, 0) is 4.79 Å². The summed E-state index contributed by atoms with van der Waals surface area (Å²) >= 11 is 0.995. The summed E-state index contributed by atoms with van der Waals surface area (Å²) in [6, 6.07) is 14.9. The van der Waals surface area contributed by atoms with Gasteiger partial charge in [0.25, 0.3) is 11.8 Å². The molecule has 0 bridgehead atoms. The van der Waals surface area contributed by atoms with Gasteiger partial charge in [-0.25, -0.2) is 9.97 Å². The largest absolute Gasteiger partial charge is 0.420 e. The molecule has 1 aromatic carbocycles. The highest BCUT2D eigenvalue weighted by atomic mass is 32.1. The topological polar surface area (TPSA) is 139 Å². The molecule has 0 radical (unpaired) electrons. The zero-order valence-corrected chi connectivity index (χ0v) is 25.0. The lowest BCUT2D eigenvalue weighted by Crippen LogP contribution is -2.38. The van der Waals surface area contributed by atoms with E-state index < -0.39 is 11.3 Å². The van der Waals surface area contributed by atoms with Crippen LogP contribution in [0.2, 0.25) is 0 Å². The molecule has 1 aliphatic rings. The minimum absolute atomic E-state index is 0.0504. The van der Waals surface area contributed by atoms with Crippen LogP contribution in [0.3, 0.4) is 0 Å². The highest BCUT2D eigenvalue weighted by molar-refractivity contribution is 7.17. The van der Waals surface area contributed by atoms with Crippen LogP contribution in [0.4, 0.5) is 5.13 Å². The van der Waals surface area contributed by atoms with Crippen LogP contribution < -0.4 is 15.4 Å². The quantitative estimate of drug-likeness (QED) is 0.319. The first-order valence-electron chi connectivity index (χ1n) is 13.4. The van der Waals surface area contributed by atoms with Gasteiger partial charge in [-0.05, 0) is 38.1 Å². The molecule has 11 nitrogen and oxygen atoms in total. The van der Waals surface area contributed by atoms with Gasteiger partial charge in [-0.3, -0.25) is 14.4 Å². The van der Waals surface area contributed by atoms with E-state index >= 15 is 0 Å². The first kappa shape index (κ1) is 28.8. The zero-order valence-electron chi connectivity index (χ0n) is 24.2. The van der Waals surface area contributed by atoms with Crippen LogP contribution in [0.5, 0.6) is 11.8 Å². The molecule has 5 rings (SSSR count). The van der Waals surface area contributed by atoms with Crippen molar-refractivity contribution in [2.75, 3.05) is 26.0 Å². The van der Waals surface area contributed by atoms with E-state index in [0.29, 0.717) is 29.6 Å². The standard InChI is InChI=1S/C30H31N7O4S/c1-7-37(6)27(39)18-11-9-17(10-12-18)21-15-14-20-22(19-13-8-16(2)32-24(19)41-25(20)33-21)30(3,4)28(40)34-29-36-35-26(42-29)23(38)31-5/h8-15,22H,7H2,1-6H3,(H,31,38)(H,34,36,40)/t22-/m0/s1. The third-order valence-electron chi connectivity index (χ3n) is 7.36. The minimum atomic E-state index is -1.01. The summed E-state index contributed by atoms with van der Waals surface area (Å²) in [7, 11) is 3.27. The van der Waals surface area contributed by atoms with Crippen molar-refractivity contribution in [2.45, 2.75) is 33.6 Å². The number of aryl methyl sites for hydroxylation is 1. The summed E-state index contributed by atoms with van der Waals surface area (Å²) in [4.78, 5) is 49.3. The molecule has 3 amide bonds. The number of anilines is 1. The third-order valence-corrected chi connectivity index (χ3v) is 8.19. The number of fused-ring (bicyclic) bond motifs is 2.